The lowest BCUT2D eigenvalue weighted by Crippen LogP contribution is -2.49. The van der Waals surface area contributed by atoms with Gasteiger partial charge in [0.05, 0.1) is 11.0 Å². The SMILES string of the molecule is Cc1nc2ccccc2n1[C@H]1C[C@H]2CC[C@@H](C1)N2CCC1(c2ccccc2)CCN(C(=O)c2cocn2)CC1. The quantitative estimate of drug-likeness (QED) is 0.321. The molecule has 0 spiro atoms. The number of nitrogens with zero attached hydrogens (tertiary/aromatic N) is 5. The molecule has 3 aliphatic rings. The number of imidazole rings is 1. The number of piperidine rings is 2. The minimum absolute atomic E-state index is 0.0205. The molecule has 0 aliphatic carbocycles. The van der Waals surface area contributed by atoms with Gasteiger partial charge in [-0.05, 0) is 81.5 Å². The highest BCUT2D eigenvalue weighted by atomic mass is 16.3. The van der Waals surface area contributed by atoms with Crippen molar-refractivity contribution in [1.29, 1.82) is 0 Å². The van der Waals surface area contributed by atoms with Crippen LogP contribution in [0.1, 0.15) is 72.9 Å². The summed E-state index contributed by atoms with van der Waals surface area (Å²) in [5, 5.41) is 0. The number of fused-ring (bicyclic) bond motifs is 3. The zero-order valence-electron chi connectivity index (χ0n) is 22.7. The van der Waals surface area contributed by atoms with Gasteiger partial charge in [0.15, 0.2) is 12.1 Å². The lowest BCUT2D eigenvalue weighted by Gasteiger charge is -2.45. The van der Waals surface area contributed by atoms with Gasteiger partial charge in [0.2, 0.25) is 0 Å². The van der Waals surface area contributed by atoms with Crippen LogP contribution in [-0.2, 0) is 5.41 Å². The van der Waals surface area contributed by atoms with Crippen molar-refractivity contribution < 1.29 is 9.21 Å². The molecule has 1 amide bonds. The molecule has 2 aromatic heterocycles. The summed E-state index contributed by atoms with van der Waals surface area (Å²) in [7, 11) is 0. The first-order valence-corrected chi connectivity index (χ1v) is 14.5. The van der Waals surface area contributed by atoms with E-state index in [1.807, 2.05) is 4.90 Å². The summed E-state index contributed by atoms with van der Waals surface area (Å²) in [4.78, 5) is 26.7. The van der Waals surface area contributed by atoms with E-state index in [4.69, 9.17) is 9.40 Å². The topological polar surface area (TPSA) is 67.4 Å². The Morgan fingerprint density at radius 1 is 0.974 bits per heavy atom. The summed E-state index contributed by atoms with van der Waals surface area (Å²) in [6.45, 7) is 4.79. The Morgan fingerprint density at radius 2 is 1.69 bits per heavy atom. The molecule has 2 bridgehead atoms. The summed E-state index contributed by atoms with van der Waals surface area (Å²) in [6.07, 6.45) is 10.9. The average Bonchev–Trinajstić information content (AvgIpc) is 3.68. The second-order valence-corrected chi connectivity index (χ2v) is 11.8. The average molecular weight is 524 g/mol. The molecular weight excluding hydrogens is 486 g/mol. The van der Waals surface area contributed by atoms with Gasteiger partial charge in [-0.2, -0.15) is 0 Å². The van der Waals surface area contributed by atoms with E-state index in [0.717, 1.165) is 50.2 Å². The van der Waals surface area contributed by atoms with Gasteiger partial charge in [-0.15, -0.1) is 0 Å². The largest absolute Gasteiger partial charge is 0.451 e. The lowest BCUT2D eigenvalue weighted by atomic mass is 9.70. The molecule has 0 unspecified atom stereocenters. The smallest absolute Gasteiger partial charge is 0.275 e. The van der Waals surface area contributed by atoms with Crippen LogP contribution in [0.15, 0.2) is 71.7 Å². The van der Waals surface area contributed by atoms with Crippen molar-refractivity contribution in [3.05, 3.63) is 84.3 Å². The number of hydrogen-bond acceptors (Lipinski definition) is 5. The predicted octanol–water partition coefficient (Wildman–Crippen LogP) is 5.76. The highest BCUT2D eigenvalue weighted by molar-refractivity contribution is 5.92. The molecule has 4 aromatic rings. The minimum Gasteiger partial charge on any atom is -0.451 e. The van der Waals surface area contributed by atoms with Crippen LogP contribution in [0.5, 0.6) is 0 Å². The summed E-state index contributed by atoms with van der Waals surface area (Å²) < 4.78 is 7.58. The lowest BCUT2D eigenvalue weighted by molar-refractivity contribution is 0.0602. The summed E-state index contributed by atoms with van der Waals surface area (Å²) >= 11 is 0. The first-order chi connectivity index (χ1) is 19.1. The molecule has 39 heavy (non-hydrogen) atoms. The summed E-state index contributed by atoms with van der Waals surface area (Å²) in [5.41, 5.74) is 4.31. The molecule has 3 fully saturated rings. The van der Waals surface area contributed by atoms with Crippen molar-refractivity contribution in [3.8, 4) is 0 Å². The number of carbonyl (C=O) groups is 1. The fraction of sp³-hybridized carbons (Fsp3) is 0.469. The van der Waals surface area contributed by atoms with Crippen molar-refractivity contribution in [3.63, 3.8) is 0 Å². The zero-order chi connectivity index (χ0) is 26.4. The van der Waals surface area contributed by atoms with Crippen LogP contribution in [0, 0.1) is 6.92 Å². The number of hydrogen-bond donors (Lipinski definition) is 0. The van der Waals surface area contributed by atoms with Crippen molar-refractivity contribution >= 4 is 16.9 Å². The number of likely N-dealkylation sites (tertiary alicyclic amines) is 1. The van der Waals surface area contributed by atoms with E-state index in [9.17, 15) is 4.79 Å². The van der Waals surface area contributed by atoms with Gasteiger partial charge in [-0.25, -0.2) is 9.97 Å². The molecule has 0 radical (unpaired) electrons. The molecule has 3 atom stereocenters. The van der Waals surface area contributed by atoms with Crippen LogP contribution in [0.3, 0.4) is 0 Å². The molecule has 0 N–H and O–H groups in total. The highest BCUT2D eigenvalue weighted by Crippen LogP contribution is 2.45. The Hall–Kier alpha value is -3.45. The van der Waals surface area contributed by atoms with Crippen molar-refractivity contribution in [2.75, 3.05) is 19.6 Å². The fourth-order valence-corrected chi connectivity index (χ4v) is 7.88. The van der Waals surface area contributed by atoms with Gasteiger partial charge in [0.25, 0.3) is 5.91 Å². The number of aromatic nitrogens is 3. The van der Waals surface area contributed by atoms with Crippen LogP contribution in [0.25, 0.3) is 11.0 Å². The van der Waals surface area contributed by atoms with Gasteiger partial charge in [-0.3, -0.25) is 9.69 Å². The van der Waals surface area contributed by atoms with Gasteiger partial charge < -0.3 is 13.9 Å². The van der Waals surface area contributed by atoms with E-state index < -0.39 is 0 Å². The summed E-state index contributed by atoms with van der Waals surface area (Å²) in [5.74, 6) is 1.12. The van der Waals surface area contributed by atoms with Crippen LogP contribution >= 0.6 is 0 Å². The van der Waals surface area contributed by atoms with Crippen LogP contribution in [-0.4, -0.2) is 62.0 Å². The maximum absolute atomic E-state index is 12.9. The number of aryl methyl sites for hydroxylation is 1. The fourth-order valence-electron chi connectivity index (χ4n) is 7.88. The third kappa shape index (κ3) is 4.37. The van der Waals surface area contributed by atoms with E-state index in [1.165, 1.54) is 49.4 Å². The molecular formula is C32H37N5O2. The molecule has 7 rings (SSSR count). The Kier molecular flexibility index (Phi) is 6.26. The van der Waals surface area contributed by atoms with Crippen LogP contribution in [0.2, 0.25) is 0 Å². The van der Waals surface area contributed by atoms with Gasteiger partial charge in [0.1, 0.15) is 12.1 Å². The molecule has 3 aliphatic heterocycles. The predicted molar refractivity (Wildman–Crippen MR) is 151 cm³/mol. The number of oxazole rings is 1. The normalized spacial score (nSPS) is 24.8. The number of amides is 1. The Bertz CT molecular complexity index is 1420. The molecule has 7 nitrogen and oxygen atoms in total. The summed E-state index contributed by atoms with van der Waals surface area (Å²) in [6, 6.07) is 21.4. The van der Waals surface area contributed by atoms with Gasteiger partial charge in [-0.1, -0.05) is 42.5 Å². The van der Waals surface area contributed by atoms with E-state index >= 15 is 0 Å². The van der Waals surface area contributed by atoms with E-state index in [-0.39, 0.29) is 11.3 Å². The molecule has 202 valence electrons. The van der Waals surface area contributed by atoms with Crippen molar-refractivity contribution in [2.45, 2.75) is 75.4 Å². The van der Waals surface area contributed by atoms with Crippen LogP contribution in [0.4, 0.5) is 0 Å². The second kappa shape index (κ2) is 9.94. The molecule has 3 saturated heterocycles. The van der Waals surface area contributed by atoms with E-state index in [2.05, 4.69) is 76.0 Å². The third-order valence-corrected chi connectivity index (χ3v) is 9.89. The van der Waals surface area contributed by atoms with Crippen LogP contribution < -0.4 is 0 Å². The Balaban J connectivity index is 1.07. The number of benzene rings is 2. The zero-order valence-corrected chi connectivity index (χ0v) is 22.7. The van der Waals surface area contributed by atoms with E-state index in [0.29, 0.717) is 23.8 Å². The third-order valence-electron chi connectivity index (χ3n) is 9.89. The maximum atomic E-state index is 12.9. The van der Waals surface area contributed by atoms with Gasteiger partial charge >= 0.3 is 0 Å². The Labute approximate surface area is 229 Å². The second-order valence-electron chi connectivity index (χ2n) is 11.8. The number of rotatable bonds is 6. The highest BCUT2D eigenvalue weighted by Gasteiger charge is 2.44. The first kappa shape index (κ1) is 24.6. The monoisotopic (exact) mass is 523 g/mol. The first-order valence-electron chi connectivity index (χ1n) is 14.5. The molecule has 5 heterocycles. The Morgan fingerprint density at radius 3 is 2.41 bits per heavy atom. The van der Waals surface area contributed by atoms with Crippen molar-refractivity contribution in [2.24, 2.45) is 0 Å². The minimum atomic E-state index is -0.0205. The molecule has 2 aromatic carbocycles. The number of para-hydroxylation sites is 2. The van der Waals surface area contributed by atoms with E-state index in [1.54, 1.807) is 0 Å². The number of carbonyl (C=O) groups excluding carboxylic acids is 1. The molecule has 7 heteroatoms. The standard InChI is InChI=1S/C32H37N5O2/c1-23-34-28-9-5-6-10-30(28)37(23)27-19-25-11-12-26(20-27)36(25)18-15-32(24-7-3-2-4-8-24)13-16-35(17-14-32)31(38)29-21-39-22-33-29/h2-10,21-22,25-27H,11-20H2,1H3/t25-,26+,27+. The molecule has 0 saturated carbocycles. The van der Waals surface area contributed by atoms with Crippen molar-refractivity contribution in [1.82, 2.24) is 24.3 Å². The van der Waals surface area contributed by atoms with Gasteiger partial charge in [0, 0.05) is 31.2 Å². The maximum Gasteiger partial charge on any atom is 0.275 e.